The molecule has 0 bridgehead atoms. The average molecular weight is 358 g/mol. The Kier molecular flexibility index (Phi) is 4.81. The smallest absolute Gasteiger partial charge is 0.255 e. The quantitative estimate of drug-likeness (QED) is 0.908. The third-order valence-electron chi connectivity index (χ3n) is 4.35. The number of sulfonamides is 1. The molecule has 1 N–H and O–H groups in total. The highest BCUT2D eigenvalue weighted by molar-refractivity contribution is 7.93. The van der Waals surface area contributed by atoms with Crippen LogP contribution in [0, 0.1) is 0 Å². The summed E-state index contributed by atoms with van der Waals surface area (Å²) in [4.78, 5) is 12.5. The maximum atomic E-state index is 12.5. The van der Waals surface area contributed by atoms with Crippen molar-refractivity contribution in [2.45, 2.75) is 26.2 Å². The summed E-state index contributed by atoms with van der Waals surface area (Å²) in [6.45, 7) is 4.65. The predicted octanol–water partition coefficient (Wildman–Crippen LogP) is 3.60. The van der Waals surface area contributed by atoms with Crippen LogP contribution >= 0.6 is 0 Å². The maximum Gasteiger partial charge on any atom is 0.255 e. The molecule has 1 saturated heterocycles. The summed E-state index contributed by atoms with van der Waals surface area (Å²) in [6, 6.07) is 14.4. The number of benzene rings is 2. The SMILES string of the molecule is CC(C)c1ccccc1NC(=O)c1ccc(N2CCCS2(=O)=O)cc1. The molecule has 1 amide bonds. The van der Waals surface area contributed by atoms with Gasteiger partial charge in [0.05, 0.1) is 11.4 Å². The van der Waals surface area contributed by atoms with Crippen molar-refractivity contribution in [3.63, 3.8) is 0 Å². The van der Waals surface area contributed by atoms with Gasteiger partial charge in [0.15, 0.2) is 0 Å². The first-order valence-electron chi connectivity index (χ1n) is 8.39. The first-order valence-corrected chi connectivity index (χ1v) is 10.00. The highest BCUT2D eigenvalue weighted by Gasteiger charge is 2.28. The number of rotatable bonds is 4. The van der Waals surface area contributed by atoms with Gasteiger partial charge in [-0.1, -0.05) is 32.0 Å². The second kappa shape index (κ2) is 6.88. The number of carbonyl (C=O) groups is 1. The molecule has 2 aromatic rings. The van der Waals surface area contributed by atoms with Gasteiger partial charge < -0.3 is 5.32 Å². The summed E-state index contributed by atoms with van der Waals surface area (Å²) in [5.41, 5.74) is 2.99. The first-order chi connectivity index (χ1) is 11.9. The topological polar surface area (TPSA) is 66.5 Å². The van der Waals surface area contributed by atoms with Crippen molar-refractivity contribution in [2.24, 2.45) is 0 Å². The van der Waals surface area contributed by atoms with E-state index >= 15 is 0 Å². The van der Waals surface area contributed by atoms with Gasteiger partial charge in [-0.3, -0.25) is 9.10 Å². The van der Waals surface area contributed by atoms with Gasteiger partial charge in [0, 0.05) is 17.8 Å². The van der Waals surface area contributed by atoms with Gasteiger partial charge >= 0.3 is 0 Å². The molecular weight excluding hydrogens is 336 g/mol. The van der Waals surface area contributed by atoms with E-state index in [4.69, 9.17) is 0 Å². The van der Waals surface area contributed by atoms with Crippen LogP contribution in [0.2, 0.25) is 0 Å². The molecule has 0 saturated carbocycles. The van der Waals surface area contributed by atoms with E-state index in [-0.39, 0.29) is 11.7 Å². The number of para-hydroxylation sites is 1. The van der Waals surface area contributed by atoms with Crippen molar-refractivity contribution >= 4 is 27.3 Å². The number of hydrogen-bond donors (Lipinski definition) is 1. The molecule has 0 aromatic heterocycles. The molecule has 0 radical (unpaired) electrons. The van der Waals surface area contributed by atoms with Crippen molar-refractivity contribution in [1.29, 1.82) is 0 Å². The Morgan fingerprint density at radius 3 is 2.36 bits per heavy atom. The summed E-state index contributed by atoms with van der Waals surface area (Å²) in [5, 5.41) is 2.94. The van der Waals surface area contributed by atoms with Crippen molar-refractivity contribution in [3.8, 4) is 0 Å². The third-order valence-corrected chi connectivity index (χ3v) is 6.22. The van der Waals surface area contributed by atoms with Gasteiger partial charge in [-0.25, -0.2) is 8.42 Å². The number of anilines is 2. The molecule has 1 heterocycles. The van der Waals surface area contributed by atoms with E-state index in [1.54, 1.807) is 24.3 Å². The van der Waals surface area contributed by atoms with Crippen LogP contribution in [-0.4, -0.2) is 26.6 Å². The minimum absolute atomic E-state index is 0.182. The highest BCUT2D eigenvalue weighted by atomic mass is 32.2. The van der Waals surface area contributed by atoms with Crippen molar-refractivity contribution in [2.75, 3.05) is 21.9 Å². The lowest BCUT2D eigenvalue weighted by molar-refractivity contribution is 0.102. The van der Waals surface area contributed by atoms with Crippen molar-refractivity contribution in [3.05, 3.63) is 59.7 Å². The zero-order chi connectivity index (χ0) is 18.0. The second-order valence-electron chi connectivity index (χ2n) is 6.48. The summed E-state index contributed by atoms with van der Waals surface area (Å²) in [5.74, 6) is 0.282. The van der Waals surface area contributed by atoms with Crippen molar-refractivity contribution in [1.82, 2.24) is 0 Å². The van der Waals surface area contributed by atoms with E-state index < -0.39 is 10.0 Å². The Morgan fingerprint density at radius 2 is 1.76 bits per heavy atom. The van der Waals surface area contributed by atoms with Crippen LogP contribution in [-0.2, 0) is 10.0 Å². The Morgan fingerprint density at radius 1 is 1.08 bits per heavy atom. The van der Waals surface area contributed by atoms with E-state index in [0.717, 1.165) is 11.3 Å². The largest absolute Gasteiger partial charge is 0.322 e. The van der Waals surface area contributed by atoms with Crippen LogP contribution in [0.3, 0.4) is 0 Å². The molecule has 5 nitrogen and oxygen atoms in total. The molecule has 0 spiro atoms. The molecule has 0 aliphatic carbocycles. The van der Waals surface area contributed by atoms with Crippen LogP contribution in [0.4, 0.5) is 11.4 Å². The van der Waals surface area contributed by atoms with Crippen LogP contribution in [0.15, 0.2) is 48.5 Å². The lowest BCUT2D eigenvalue weighted by Gasteiger charge is -2.17. The van der Waals surface area contributed by atoms with E-state index in [9.17, 15) is 13.2 Å². The molecular formula is C19H22N2O3S. The fraction of sp³-hybridized carbons (Fsp3) is 0.316. The zero-order valence-electron chi connectivity index (χ0n) is 14.4. The van der Waals surface area contributed by atoms with E-state index in [1.165, 1.54) is 4.31 Å². The average Bonchev–Trinajstić information content (AvgIpc) is 2.94. The van der Waals surface area contributed by atoms with E-state index in [1.807, 2.05) is 24.3 Å². The lowest BCUT2D eigenvalue weighted by Crippen LogP contribution is -2.25. The number of amides is 1. The summed E-state index contributed by atoms with van der Waals surface area (Å²) in [6.07, 6.45) is 0.635. The van der Waals surface area contributed by atoms with Crippen LogP contribution in [0.1, 0.15) is 42.1 Å². The Labute approximate surface area is 148 Å². The van der Waals surface area contributed by atoms with E-state index in [2.05, 4.69) is 19.2 Å². The molecule has 0 unspecified atom stereocenters. The first kappa shape index (κ1) is 17.5. The normalized spacial score (nSPS) is 16.2. The number of nitrogens with one attached hydrogen (secondary N) is 1. The Bertz CT molecular complexity index is 874. The number of nitrogens with zero attached hydrogens (tertiary/aromatic N) is 1. The van der Waals surface area contributed by atoms with Crippen LogP contribution in [0.5, 0.6) is 0 Å². The maximum absolute atomic E-state index is 12.5. The van der Waals surface area contributed by atoms with Gasteiger partial charge in [-0.2, -0.15) is 0 Å². The zero-order valence-corrected chi connectivity index (χ0v) is 15.2. The monoisotopic (exact) mass is 358 g/mol. The molecule has 3 rings (SSSR count). The second-order valence-corrected chi connectivity index (χ2v) is 8.50. The molecule has 0 atom stereocenters. The fourth-order valence-electron chi connectivity index (χ4n) is 3.02. The summed E-state index contributed by atoms with van der Waals surface area (Å²) >= 11 is 0. The summed E-state index contributed by atoms with van der Waals surface area (Å²) < 4.78 is 25.3. The third kappa shape index (κ3) is 3.69. The van der Waals surface area contributed by atoms with E-state index in [0.29, 0.717) is 30.1 Å². The van der Waals surface area contributed by atoms with Gasteiger partial charge in [-0.05, 0) is 48.2 Å². The minimum Gasteiger partial charge on any atom is -0.322 e. The molecule has 25 heavy (non-hydrogen) atoms. The molecule has 1 fully saturated rings. The van der Waals surface area contributed by atoms with Crippen molar-refractivity contribution < 1.29 is 13.2 Å². The van der Waals surface area contributed by atoms with Crippen LogP contribution < -0.4 is 9.62 Å². The predicted molar refractivity (Wildman–Crippen MR) is 101 cm³/mol. The van der Waals surface area contributed by atoms with Crippen LogP contribution in [0.25, 0.3) is 0 Å². The van der Waals surface area contributed by atoms with Gasteiger partial charge in [0.25, 0.3) is 5.91 Å². The van der Waals surface area contributed by atoms with Gasteiger partial charge in [0.1, 0.15) is 0 Å². The number of carbonyl (C=O) groups excluding carboxylic acids is 1. The molecule has 2 aromatic carbocycles. The summed E-state index contributed by atoms with van der Waals surface area (Å²) in [7, 11) is -3.20. The fourth-order valence-corrected chi connectivity index (χ4v) is 4.58. The Balaban J connectivity index is 1.78. The highest BCUT2D eigenvalue weighted by Crippen LogP contribution is 2.26. The Hall–Kier alpha value is -2.34. The lowest BCUT2D eigenvalue weighted by atomic mass is 10.0. The van der Waals surface area contributed by atoms with Gasteiger partial charge in [0.2, 0.25) is 10.0 Å². The number of hydrogen-bond acceptors (Lipinski definition) is 3. The molecule has 1 aliphatic heterocycles. The molecule has 132 valence electrons. The minimum atomic E-state index is -3.20. The molecule has 6 heteroatoms. The standard InChI is InChI=1S/C19H22N2O3S/c1-14(2)17-6-3-4-7-18(17)20-19(22)15-8-10-16(11-9-15)21-12-5-13-25(21,23)24/h3-4,6-11,14H,5,12-13H2,1-2H3,(H,20,22). The molecule has 1 aliphatic rings. The van der Waals surface area contributed by atoms with Gasteiger partial charge in [-0.15, -0.1) is 0 Å².